The number of nitrogens with two attached hydrogens (primary N) is 1. The molecular weight excluding hydrogens is 673 g/mol. The standard InChI is InChI=1S/C17H16N2O4S.C15H14N2O3S.C2H4O2/c1-11(20)19-24(22,23)17-7-3-5-15(18-17)13-9-8-12-4-2-6-16(21)14(12)10-13;16-21(19,20)15-6-2-4-13(17-15)11-8-7-10-3-1-5-14(18)12(10)9-11;1-2(3)4/h3,5,7-10H,2,4,6H2,1H3,(H,19,20);2,4,6-9H,1,3,5H2,(H2,16,19,20);1H3,(H,3,4). The number of fused-ring (bicyclic) bond motifs is 2. The average molecular weight is 707 g/mol. The molecule has 1 amide bonds. The number of hydrogen-bond donors (Lipinski definition) is 3. The lowest BCUT2D eigenvalue weighted by molar-refractivity contribution is -0.134. The van der Waals surface area contributed by atoms with Crippen LogP contribution in [0.4, 0.5) is 0 Å². The van der Waals surface area contributed by atoms with E-state index < -0.39 is 31.9 Å². The van der Waals surface area contributed by atoms with Crippen molar-refractivity contribution in [3.63, 3.8) is 0 Å². The first-order valence-electron chi connectivity index (χ1n) is 15.1. The Bertz CT molecular complexity index is 2160. The molecule has 0 aliphatic heterocycles. The number of ketones is 2. The van der Waals surface area contributed by atoms with Gasteiger partial charge in [-0.05, 0) is 73.2 Å². The van der Waals surface area contributed by atoms with Gasteiger partial charge in [-0.2, -0.15) is 8.42 Å². The molecule has 256 valence electrons. The molecule has 0 bridgehead atoms. The summed E-state index contributed by atoms with van der Waals surface area (Å²) in [6.07, 6.45) is 4.58. The van der Waals surface area contributed by atoms with Crippen molar-refractivity contribution in [1.29, 1.82) is 0 Å². The van der Waals surface area contributed by atoms with Gasteiger partial charge in [-0.3, -0.25) is 19.2 Å². The predicted molar refractivity (Wildman–Crippen MR) is 180 cm³/mol. The maximum absolute atomic E-state index is 12.1. The molecule has 0 saturated carbocycles. The van der Waals surface area contributed by atoms with Crippen LogP contribution in [0.1, 0.15) is 71.4 Å². The number of aliphatic carboxylic acids is 1. The minimum absolute atomic E-state index is 0.0973. The highest BCUT2D eigenvalue weighted by atomic mass is 32.2. The number of benzene rings is 2. The van der Waals surface area contributed by atoms with Crippen molar-refractivity contribution >= 4 is 43.5 Å². The minimum Gasteiger partial charge on any atom is -0.481 e. The van der Waals surface area contributed by atoms with Crippen molar-refractivity contribution in [2.24, 2.45) is 5.14 Å². The number of sulfonamides is 2. The van der Waals surface area contributed by atoms with Gasteiger partial charge in [0.25, 0.3) is 26.0 Å². The molecule has 6 rings (SSSR count). The highest BCUT2D eigenvalue weighted by Gasteiger charge is 2.21. The molecule has 15 heteroatoms. The molecule has 0 fully saturated rings. The van der Waals surface area contributed by atoms with E-state index in [-0.39, 0.29) is 21.6 Å². The zero-order valence-electron chi connectivity index (χ0n) is 26.7. The van der Waals surface area contributed by atoms with E-state index >= 15 is 0 Å². The fraction of sp³-hybridized carbons (Fsp3) is 0.235. The van der Waals surface area contributed by atoms with E-state index in [9.17, 15) is 31.2 Å². The number of nitrogens with zero attached hydrogens (tertiary/aromatic N) is 2. The van der Waals surface area contributed by atoms with Crippen LogP contribution in [-0.2, 0) is 42.5 Å². The second-order valence-electron chi connectivity index (χ2n) is 11.2. The van der Waals surface area contributed by atoms with E-state index in [1.807, 2.05) is 29.0 Å². The molecule has 4 aromatic rings. The SMILES string of the molecule is CC(=O)NS(=O)(=O)c1cccc(-c2ccc3c(c2)C(=O)CCC3)n1.CC(=O)O.NS(=O)(=O)c1cccc(-c2ccc3c(c2)C(=O)CCC3)n1. The number of carboxylic acid groups (broad SMARTS) is 1. The third-order valence-electron chi connectivity index (χ3n) is 7.40. The van der Waals surface area contributed by atoms with Gasteiger partial charge < -0.3 is 5.11 Å². The van der Waals surface area contributed by atoms with Crippen molar-refractivity contribution in [1.82, 2.24) is 14.7 Å². The molecule has 13 nitrogen and oxygen atoms in total. The number of nitrogens with one attached hydrogen (secondary N) is 1. The number of amides is 1. The van der Waals surface area contributed by atoms with Crippen molar-refractivity contribution < 1.29 is 41.1 Å². The predicted octanol–water partition coefficient (Wildman–Crippen LogP) is 4.10. The maximum Gasteiger partial charge on any atom is 0.300 e. The van der Waals surface area contributed by atoms with E-state index in [0.717, 1.165) is 56.2 Å². The molecule has 2 heterocycles. The van der Waals surface area contributed by atoms with Gasteiger partial charge in [0.15, 0.2) is 21.6 Å². The van der Waals surface area contributed by atoms with Crippen molar-refractivity contribution in [2.75, 3.05) is 0 Å². The van der Waals surface area contributed by atoms with E-state index in [4.69, 9.17) is 15.0 Å². The number of pyridine rings is 2. The van der Waals surface area contributed by atoms with E-state index in [1.54, 1.807) is 36.4 Å². The third kappa shape index (κ3) is 9.72. The highest BCUT2D eigenvalue weighted by molar-refractivity contribution is 7.90. The smallest absolute Gasteiger partial charge is 0.300 e. The number of Topliss-reactive ketones (excluding diaryl/α,β-unsaturated/α-hetero) is 2. The zero-order chi connectivity index (χ0) is 35.9. The number of primary sulfonamides is 1. The lowest BCUT2D eigenvalue weighted by Gasteiger charge is -2.15. The summed E-state index contributed by atoms with van der Waals surface area (Å²) in [5.41, 5.74) is 5.75. The normalized spacial score (nSPS) is 13.8. The van der Waals surface area contributed by atoms with Crippen LogP contribution in [0.15, 0.2) is 82.8 Å². The van der Waals surface area contributed by atoms with Gasteiger partial charge in [0.2, 0.25) is 5.91 Å². The lowest BCUT2D eigenvalue weighted by atomic mass is 9.89. The Hall–Kier alpha value is -5.12. The second-order valence-corrected chi connectivity index (χ2v) is 14.4. The highest BCUT2D eigenvalue weighted by Crippen LogP contribution is 2.28. The molecule has 0 unspecified atom stereocenters. The van der Waals surface area contributed by atoms with Gasteiger partial charge in [0, 0.05) is 48.9 Å². The molecular formula is C34H34N4O9S2. The maximum atomic E-state index is 12.1. The van der Waals surface area contributed by atoms with Gasteiger partial charge in [-0.25, -0.2) is 28.2 Å². The Balaban J connectivity index is 0.000000201. The fourth-order valence-corrected chi connectivity index (χ4v) is 6.73. The van der Waals surface area contributed by atoms with Gasteiger partial charge in [0.05, 0.1) is 11.4 Å². The van der Waals surface area contributed by atoms with Crippen LogP contribution in [-0.4, -0.2) is 55.4 Å². The first-order chi connectivity index (χ1) is 23.0. The Morgan fingerprint density at radius 2 is 1.12 bits per heavy atom. The quantitative estimate of drug-likeness (QED) is 0.268. The minimum atomic E-state index is -4.00. The van der Waals surface area contributed by atoms with Gasteiger partial charge >= 0.3 is 0 Å². The fourth-order valence-electron chi connectivity index (χ4n) is 5.28. The van der Waals surface area contributed by atoms with Crippen LogP contribution in [0.5, 0.6) is 0 Å². The van der Waals surface area contributed by atoms with Gasteiger partial charge in [-0.1, -0.05) is 36.4 Å². The van der Waals surface area contributed by atoms with Crippen LogP contribution in [0.2, 0.25) is 0 Å². The Morgan fingerprint density at radius 3 is 1.55 bits per heavy atom. The summed E-state index contributed by atoms with van der Waals surface area (Å²) in [4.78, 5) is 52.2. The number of carbonyl (C=O) groups excluding carboxylic acids is 3. The lowest BCUT2D eigenvalue weighted by Crippen LogP contribution is -2.28. The summed E-state index contributed by atoms with van der Waals surface area (Å²) in [6.45, 7) is 2.20. The van der Waals surface area contributed by atoms with Crippen LogP contribution in [0.25, 0.3) is 22.5 Å². The van der Waals surface area contributed by atoms with Gasteiger partial charge in [0.1, 0.15) is 0 Å². The topological polar surface area (TPSA) is 221 Å². The Labute approximate surface area is 283 Å². The Morgan fingerprint density at radius 1 is 0.694 bits per heavy atom. The summed E-state index contributed by atoms with van der Waals surface area (Å²) >= 11 is 0. The summed E-state index contributed by atoms with van der Waals surface area (Å²) in [5.74, 6) is -1.29. The molecule has 4 N–H and O–H groups in total. The van der Waals surface area contributed by atoms with Crippen molar-refractivity contribution in [2.45, 2.75) is 62.4 Å². The molecule has 2 aliphatic carbocycles. The molecule has 0 radical (unpaired) electrons. The van der Waals surface area contributed by atoms with E-state index in [1.165, 1.54) is 12.1 Å². The number of carbonyl (C=O) groups is 4. The van der Waals surface area contributed by atoms with Gasteiger partial charge in [-0.15, -0.1) is 0 Å². The number of aromatic nitrogens is 2. The monoisotopic (exact) mass is 706 g/mol. The van der Waals surface area contributed by atoms with Crippen molar-refractivity contribution in [3.05, 3.63) is 95.1 Å². The van der Waals surface area contributed by atoms with E-state index in [2.05, 4.69) is 9.97 Å². The summed E-state index contributed by atoms with van der Waals surface area (Å²) in [6, 6.07) is 20.2. The molecule has 49 heavy (non-hydrogen) atoms. The third-order valence-corrected chi connectivity index (χ3v) is 9.55. The molecule has 0 saturated heterocycles. The molecule has 2 aliphatic rings. The zero-order valence-corrected chi connectivity index (χ0v) is 28.3. The van der Waals surface area contributed by atoms with Crippen LogP contribution >= 0.6 is 0 Å². The summed E-state index contributed by atoms with van der Waals surface area (Å²) < 4.78 is 48.7. The number of rotatable bonds is 5. The van der Waals surface area contributed by atoms with Crippen LogP contribution in [0.3, 0.4) is 0 Å². The van der Waals surface area contributed by atoms with E-state index in [0.29, 0.717) is 40.9 Å². The van der Waals surface area contributed by atoms with Crippen LogP contribution in [0, 0.1) is 0 Å². The number of aryl methyl sites for hydroxylation is 2. The number of hydrogen-bond acceptors (Lipinski definition) is 10. The largest absolute Gasteiger partial charge is 0.481 e. The first kappa shape index (κ1) is 36.7. The average Bonchev–Trinajstić information content (AvgIpc) is 3.04. The Kier molecular flexibility index (Phi) is 11.5. The summed E-state index contributed by atoms with van der Waals surface area (Å²) in [5, 5.41) is 12.1. The second kappa shape index (κ2) is 15.4. The first-order valence-corrected chi connectivity index (χ1v) is 18.1. The number of carboxylic acids is 1. The molecule has 2 aromatic carbocycles. The summed E-state index contributed by atoms with van der Waals surface area (Å²) in [7, 11) is -7.84. The molecule has 0 spiro atoms. The molecule has 2 aromatic heterocycles. The van der Waals surface area contributed by atoms with Crippen molar-refractivity contribution in [3.8, 4) is 22.5 Å². The molecule has 0 atom stereocenters. The van der Waals surface area contributed by atoms with Crippen LogP contribution < -0.4 is 9.86 Å².